The van der Waals surface area contributed by atoms with Crippen LogP contribution in [0.2, 0.25) is 0 Å². The Labute approximate surface area is 330 Å². The first-order valence-electron chi connectivity index (χ1n) is 19.1. The number of hydrogen-bond donors (Lipinski definition) is 0. The molecule has 4 heterocycles. The molecule has 0 spiro atoms. The summed E-state index contributed by atoms with van der Waals surface area (Å²) in [5.41, 5.74) is -4.50. The lowest BCUT2D eigenvalue weighted by molar-refractivity contribution is -0.160. The summed E-state index contributed by atoms with van der Waals surface area (Å²) < 4.78 is 96.2. The van der Waals surface area contributed by atoms with Gasteiger partial charge >= 0.3 is 12.4 Å². The van der Waals surface area contributed by atoms with Crippen LogP contribution in [0.15, 0.2) is 54.0 Å². The lowest BCUT2D eigenvalue weighted by Gasteiger charge is -2.51. The Morgan fingerprint density at radius 1 is 1.00 bits per heavy atom. The molecule has 9 nitrogen and oxygen atoms in total. The Kier molecular flexibility index (Phi) is 12.3. The molecule has 1 saturated carbocycles. The maximum Gasteiger partial charge on any atom is 0.425 e. The van der Waals surface area contributed by atoms with Crippen LogP contribution in [0.5, 0.6) is 11.5 Å². The van der Waals surface area contributed by atoms with E-state index in [0.29, 0.717) is 35.7 Å². The van der Waals surface area contributed by atoms with E-state index in [9.17, 15) is 41.2 Å². The average Bonchev–Trinajstić information content (AvgIpc) is 3.88. The van der Waals surface area contributed by atoms with Crippen molar-refractivity contribution in [2.24, 2.45) is 11.8 Å². The number of ether oxygens (including phenoxy) is 2. The van der Waals surface area contributed by atoms with Gasteiger partial charge in [-0.05, 0) is 76.0 Å². The second-order valence-corrected chi connectivity index (χ2v) is 16.1. The smallest absolute Gasteiger partial charge is 0.425 e. The highest BCUT2D eigenvalue weighted by molar-refractivity contribution is 7.10. The van der Waals surface area contributed by atoms with E-state index in [0.717, 1.165) is 53.9 Å². The molecule has 0 N–H and O–H groups in total. The van der Waals surface area contributed by atoms with Crippen LogP contribution < -0.4 is 9.47 Å². The van der Waals surface area contributed by atoms with Gasteiger partial charge in [0.2, 0.25) is 5.60 Å². The molecule has 1 aliphatic carbocycles. The Morgan fingerprint density at radius 3 is 2.37 bits per heavy atom. The molecule has 4 atom stereocenters. The number of aromatic nitrogens is 1. The molecule has 2 saturated heterocycles. The topological polar surface area (TPSA) is 113 Å². The van der Waals surface area contributed by atoms with Crippen LogP contribution in [-0.2, 0) is 27.4 Å². The summed E-state index contributed by atoms with van der Waals surface area (Å²) in [6.45, 7) is 3.77. The number of carbonyl (C=O) groups is 3. The highest BCUT2D eigenvalue weighted by Crippen LogP contribution is 2.45. The van der Waals surface area contributed by atoms with E-state index in [4.69, 9.17) is 9.47 Å². The Balaban J connectivity index is 1.31. The normalized spacial score (nSPS) is 23.8. The van der Waals surface area contributed by atoms with Crippen molar-refractivity contribution in [1.82, 2.24) is 14.8 Å². The molecule has 2 aromatic heterocycles. The summed E-state index contributed by atoms with van der Waals surface area (Å²) in [5, 5.41) is 11.8. The summed E-state index contributed by atoms with van der Waals surface area (Å²) in [4.78, 5) is 46.5. The third kappa shape index (κ3) is 8.63. The summed E-state index contributed by atoms with van der Waals surface area (Å²) in [7, 11) is 0. The van der Waals surface area contributed by atoms with Crippen LogP contribution >= 0.6 is 11.3 Å². The van der Waals surface area contributed by atoms with Crippen molar-refractivity contribution in [2.45, 2.75) is 101 Å². The lowest BCUT2D eigenvalue weighted by atomic mass is 9.72. The first-order valence-corrected chi connectivity index (χ1v) is 20.0. The van der Waals surface area contributed by atoms with Crippen LogP contribution in [0.3, 0.4) is 0 Å². The van der Waals surface area contributed by atoms with Gasteiger partial charge in [0.05, 0.1) is 29.7 Å². The molecule has 57 heavy (non-hydrogen) atoms. The molecule has 6 rings (SSSR count). The standard InChI is InChI=1S/C41H44F6N4O5S/c1-3-8-33-39(56-29-22-34(57-24-29)41(45,46)47,14-7-18-51(33)36(53)35-31(40(42,43)44)10-6-17-49-35)37(54)50-19-15-38(25-48,16-20-50)30-9-4-5-11-32(30)55-23-27-12-13-28(21-27)26(2)52/h4-6,9-11,17,22,24,27-28,33H,3,7-8,12-16,18-21,23H2,1-2H3/t27-,28+,33+,39-/m0/s1. The molecule has 3 aliphatic rings. The number of benzene rings is 1. The summed E-state index contributed by atoms with van der Waals surface area (Å²) in [6, 6.07) is 11.1. The number of hydrogen-bond acceptors (Lipinski definition) is 8. The molecule has 0 radical (unpaired) electrons. The van der Waals surface area contributed by atoms with Crippen molar-refractivity contribution in [3.8, 4) is 17.6 Å². The number of ketones is 1. The first kappa shape index (κ1) is 42.0. The van der Waals surface area contributed by atoms with Crippen molar-refractivity contribution < 1.29 is 50.2 Å². The molecule has 0 bridgehead atoms. The maximum atomic E-state index is 15.0. The van der Waals surface area contributed by atoms with Gasteiger partial charge in [-0.25, -0.2) is 0 Å². The van der Waals surface area contributed by atoms with Gasteiger partial charge in [-0.15, -0.1) is 11.3 Å². The second-order valence-electron chi connectivity index (χ2n) is 15.2. The van der Waals surface area contributed by atoms with Gasteiger partial charge in [-0.2, -0.15) is 31.6 Å². The van der Waals surface area contributed by atoms with E-state index >= 15 is 4.79 Å². The number of piperidine rings is 2. The fourth-order valence-corrected chi connectivity index (χ4v) is 9.34. The number of pyridine rings is 1. The number of carbonyl (C=O) groups excluding carboxylic acids is 3. The molecular weight excluding hydrogens is 775 g/mol. The van der Waals surface area contributed by atoms with Crippen LogP contribution in [0, 0.1) is 23.2 Å². The van der Waals surface area contributed by atoms with Gasteiger partial charge in [0.1, 0.15) is 27.9 Å². The molecule has 3 fully saturated rings. The first-order chi connectivity index (χ1) is 27.0. The average molecular weight is 819 g/mol. The highest BCUT2D eigenvalue weighted by atomic mass is 32.1. The minimum absolute atomic E-state index is 0.0125. The van der Waals surface area contributed by atoms with E-state index in [1.807, 2.05) is 6.07 Å². The van der Waals surface area contributed by atoms with Gasteiger partial charge in [0, 0.05) is 55.2 Å². The van der Waals surface area contributed by atoms with Crippen LogP contribution in [-0.4, -0.2) is 70.3 Å². The fraction of sp³-hybridized carbons (Fsp3) is 0.537. The Bertz CT molecular complexity index is 1990. The molecule has 0 unspecified atom stereocenters. The predicted octanol–water partition coefficient (Wildman–Crippen LogP) is 8.87. The molecule has 16 heteroatoms. The van der Waals surface area contributed by atoms with E-state index < -0.39 is 57.4 Å². The number of nitrogens with zero attached hydrogens (tertiary/aromatic N) is 4. The van der Waals surface area contributed by atoms with Crippen molar-refractivity contribution in [2.75, 3.05) is 26.2 Å². The SMILES string of the molecule is CCC[C@H]1N(C(=O)c2ncccc2C(F)(F)F)CCC[C@@]1(Oc1csc(C(F)(F)F)c1)C(=O)N1CCC(C#N)(c2ccccc2OC[C@H]2CC[C@@H](C(C)=O)C2)CC1. The molecule has 2 aliphatic heterocycles. The largest absolute Gasteiger partial charge is 0.493 e. The van der Waals surface area contributed by atoms with Gasteiger partial charge in [-0.3, -0.25) is 19.4 Å². The second kappa shape index (κ2) is 16.7. The number of halogens is 6. The van der Waals surface area contributed by atoms with Crippen molar-refractivity contribution in [3.05, 3.63) is 75.7 Å². The quantitative estimate of drug-likeness (QED) is 0.178. The molecule has 1 aromatic carbocycles. The monoisotopic (exact) mass is 818 g/mol. The third-order valence-corrected chi connectivity index (χ3v) is 12.6. The van der Waals surface area contributed by atoms with Crippen molar-refractivity contribution >= 4 is 28.9 Å². The van der Waals surface area contributed by atoms with Crippen molar-refractivity contribution in [3.63, 3.8) is 0 Å². The van der Waals surface area contributed by atoms with E-state index in [1.54, 1.807) is 32.0 Å². The molecular formula is C41H44F6N4O5S. The number of likely N-dealkylation sites (tertiary alicyclic amines) is 2. The summed E-state index contributed by atoms with van der Waals surface area (Å²) in [5.74, 6) is -1.07. The van der Waals surface area contributed by atoms with Gasteiger partial charge in [0.15, 0.2) is 0 Å². The summed E-state index contributed by atoms with van der Waals surface area (Å²) in [6.07, 6.45) is -5.32. The zero-order valence-electron chi connectivity index (χ0n) is 31.6. The van der Waals surface area contributed by atoms with E-state index in [1.165, 1.54) is 4.90 Å². The Morgan fingerprint density at radius 2 is 1.74 bits per heavy atom. The third-order valence-electron chi connectivity index (χ3n) is 11.6. The fourth-order valence-electron chi connectivity index (χ4n) is 8.67. The number of nitriles is 1. The zero-order valence-corrected chi connectivity index (χ0v) is 32.4. The van der Waals surface area contributed by atoms with Crippen LogP contribution in [0.25, 0.3) is 0 Å². The van der Waals surface area contributed by atoms with Crippen LogP contribution in [0.1, 0.15) is 98.1 Å². The van der Waals surface area contributed by atoms with Gasteiger partial charge in [0.25, 0.3) is 11.8 Å². The van der Waals surface area contributed by atoms with Crippen LogP contribution in [0.4, 0.5) is 26.3 Å². The number of alkyl halides is 6. The van der Waals surface area contributed by atoms with E-state index in [2.05, 4.69) is 11.1 Å². The number of amides is 2. The molecule has 2 amide bonds. The van der Waals surface area contributed by atoms with Crippen molar-refractivity contribution in [1.29, 1.82) is 5.26 Å². The minimum atomic E-state index is -4.91. The number of Topliss-reactive ketones (excluding diaryl/α,β-unsaturated/α-hetero) is 1. The Hall–Kier alpha value is -4.65. The van der Waals surface area contributed by atoms with Gasteiger partial charge < -0.3 is 19.3 Å². The number of para-hydroxylation sites is 1. The minimum Gasteiger partial charge on any atom is -0.493 e. The predicted molar refractivity (Wildman–Crippen MR) is 197 cm³/mol. The number of thiophene rings is 1. The highest BCUT2D eigenvalue weighted by Gasteiger charge is 2.57. The lowest BCUT2D eigenvalue weighted by Crippen LogP contribution is -2.68. The maximum absolute atomic E-state index is 15.0. The van der Waals surface area contributed by atoms with Gasteiger partial charge in [-0.1, -0.05) is 31.5 Å². The molecule has 306 valence electrons. The zero-order chi connectivity index (χ0) is 41.2. The summed E-state index contributed by atoms with van der Waals surface area (Å²) >= 11 is 0.376. The number of rotatable bonds is 11. The molecule has 3 aromatic rings. The van der Waals surface area contributed by atoms with E-state index in [-0.39, 0.29) is 75.1 Å².